The summed E-state index contributed by atoms with van der Waals surface area (Å²) in [6, 6.07) is 6.45. The lowest BCUT2D eigenvalue weighted by Gasteiger charge is -2.35. The van der Waals surface area contributed by atoms with Gasteiger partial charge in [0.1, 0.15) is 11.9 Å². The number of hydrogen-bond donors (Lipinski definition) is 1. The molecule has 3 aliphatic rings. The van der Waals surface area contributed by atoms with E-state index in [4.69, 9.17) is 19.2 Å². The van der Waals surface area contributed by atoms with Crippen molar-refractivity contribution in [1.82, 2.24) is 14.9 Å². The van der Waals surface area contributed by atoms with Gasteiger partial charge in [-0.1, -0.05) is 18.2 Å². The van der Waals surface area contributed by atoms with E-state index in [9.17, 15) is 5.11 Å². The summed E-state index contributed by atoms with van der Waals surface area (Å²) in [4.78, 5) is 13.4. The van der Waals surface area contributed by atoms with Crippen LogP contribution in [0.1, 0.15) is 30.4 Å². The van der Waals surface area contributed by atoms with Crippen LogP contribution in [-0.4, -0.2) is 73.1 Å². The van der Waals surface area contributed by atoms with Crippen molar-refractivity contribution < 1.29 is 19.3 Å². The molecule has 176 valence electrons. The maximum atomic E-state index is 10.3. The second-order valence-corrected chi connectivity index (χ2v) is 9.31. The average Bonchev–Trinajstić information content (AvgIpc) is 3.04. The van der Waals surface area contributed by atoms with Crippen molar-refractivity contribution in [1.29, 1.82) is 0 Å². The summed E-state index contributed by atoms with van der Waals surface area (Å²) in [5.41, 5.74) is 2.11. The summed E-state index contributed by atoms with van der Waals surface area (Å²) in [7, 11) is 5.77. The minimum atomic E-state index is -0.488. The van der Waals surface area contributed by atoms with Crippen molar-refractivity contribution in [3.63, 3.8) is 0 Å². The van der Waals surface area contributed by atoms with E-state index >= 15 is 0 Å². The number of rotatable bonds is 7. The molecule has 0 amide bonds. The molecule has 3 atom stereocenters. The minimum Gasteiger partial charge on any atom is -0.493 e. The van der Waals surface area contributed by atoms with Crippen LogP contribution in [0.25, 0.3) is 0 Å². The largest absolute Gasteiger partial charge is 0.493 e. The third kappa shape index (κ3) is 4.02. The standard InChI is InChI=1S/C25H32N4O4/c1-28(2)12-4-14-32-24-26-11-8-21(27-24)29-13-10-25-9-7-18(30)15-20(25)33-23-19(31-3)6-5-17(16-29)22(23)25/h5-9,11,18,20,30H,4,10,12-16H2,1-3H3/t18-,20?,25?/m0/s1. The molecule has 2 aliphatic heterocycles. The fourth-order valence-corrected chi connectivity index (χ4v) is 5.25. The molecule has 5 rings (SSSR count). The first-order chi connectivity index (χ1) is 16.0. The van der Waals surface area contributed by atoms with Crippen molar-refractivity contribution in [3.8, 4) is 17.5 Å². The van der Waals surface area contributed by atoms with E-state index in [1.54, 1.807) is 13.3 Å². The van der Waals surface area contributed by atoms with Crippen molar-refractivity contribution in [2.45, 2.75) is 43.4 Å². The lowest BCUT2D eigenvalue weighted by atomic mass is 9.69. The van der Waals surface area contributed by atoms with Gasteiger partial charge in [0, 0.05) is 37.8 Å². The van der Waals surface area contributed by atoms with Gasteiger partial charge in [0.2, 0.25) is 0 Å². The van der Waals surface area contributed by atoms with Gasteiger partial charge in [0.15, 0.2) is 11.5 Å². The summed E-state index contributed by atoms with van der Waals surface area (Å²) in [6.45, 7) is 3.05. The first kappa shape index (κ1) is 22.0. The van der Waals surface area contributed by atoms with Crippen LogP contribution in [-0.2, 0) is 12.0 Å². The molecule has 0 saturated heterocycles. The molecule has 0 bridgehead atoms. The molecule has 0 radical (unpaired) electrons. The van der Waals surface area contributed by atoms with Crippen molar-refractivity contribution in [3.05, 3.63) is 47.7 Å². The Morgan fingerprint density at radius 3 is 3.00 bits per heavy atom. The SMILES string of the molecule is COc1ccc2c3c1OC1C[C@@H](O)C=CC31CCN(c1ccnc(OCCCN(C)C)n1)C2. The molecule has 0 saturated carbocycles. The van der Waals surface area contributed by atoms with Crippen molar-refractivity contribution in [2.24, 2.45) is 0 Å². The van der Waals surface area contributed by atoms with Crippen molar-refractivity contribution >= 4 is 5.82 Å². The number of benzene rings is 1. The van der Waals surface area contributed by atoms with Gasteiger partial charge in [0.05, 0.1) is 25.2 Å². The zero-order valence-electron chi connectivity index (χ0n) is 19.5. The fraction of sp³-hybridized carbons (Fsp3) is 0.520. The van der Waals surface area contributed by atoms with Crippen LogP contribution in [0.15, 0.2) is 36.5 Å². The molecule has 1 aliphatic carbocycles. The molecule has 33 heavy (non-hydrogen) atoms. The Balaban J connectivity index is 1.43. The van der Waals surface area contributed by atoms with E-state index in [1.165, 1.54) is 11.1 Å². The van der Waals surface area contributed by atoms with Crippen LogP contribution >= 0.6 is 0 Å². The zero-order valence-corrected chi connectivity index (χ0v) is 19.5. The lowest BCUT2D eigenvalue weighted by molar-refractivity contribution is 0.0856. The Morgan fingerprint density at radius 1 is 1.30 bits per heavy atom. The average molecular weight is 453 g/mol. The van der Waals surface area contributed by atoms with E-state index in [-0.39, 0.29) is 11.5 Å². The molecule has 2 aromatic rings. The van der Waals surface area contributed by atoms with Gasteiger partial charge in [0.25, 0.3) is 0 Å². The Hall–Kier alpha value is -2.84. The summed E-state index contributed by atoms with van der Waals surface area (Å²) in [6.07, 6.45) is 7.59. The molecule has 3 heterocycles. The monoisotopic (exact) mass is 452 g/mol. The number of ether oxygens (including phenoxy) is 3. The second kappa shape index (κ2) is 8.83. The van der Waals surface area contributed by atoms with Crippen LogP contribution in [0.2, 0.25) is 0 Å². The van der Waals surface area contributed by atoms with E-state index < -0.39 is 6.10 Å². The van der Waals surface area contributed by atoms with Crippen LogP contribution in [0.3, 0.4) is 0 Å². The Bertz CT molecular complexity index is 1040. The lowest BCUT2D eigenvalue weighted by Crippen LogP contribution is -2.43. The second-order valence-electron chi connectivity index (χ2n) is 9.31. The van der Waals surface area contributed by atoms with Gasteiger partial charge in [-0.05, 0) is 44.6 Å². The molecule has 1 spiro atoms. The van der Waals surface area contributed by atoms with E-state index in [0.29, 0.717) is 25.6 Å². The molecular formula is C25H32N4O4. The number of aromatic nitrogens is 2. The predicted octanol–water partition coefficient (Wildman–Crippen LogP) is 2.55. The molecule has 1 aromatic heterocycles. The first-order valence-corrected chi connectivity index (χ1v) is 11.6. The summed E-state index contributed by atoms with van der Waals surface area (Å²) in [5, 5.41) is 10.3. The summed E-state index contributed by atoms with van der Waals surface area (Å²) >= 11 is 0. The molecule has 0 fully saturated rings. The number of aliphatic hydroxyl groups is 1. The van der Waals surface area contributed by atoms with Gasteiger partial charge in [-0.2, -0.15) is 4.98 Å². The zero-order chi connectivity index (χ0) is 23.0. The maximum absolute atomic E-state index is 10.3. The van der Waals surface area contributed by atoms with Crippen LogP contribution in [0, 0.1) is 0 Å². The van der Waals surface area contributed by atoms with E-state index in [2.05, 4.69) is 41.0 Å². The highest BCUT2D eigenvalue weighted by Crippen LogP contribution is 2.55. The third-order valence-electron chi connectivity index (χ3n) is 6.88. The minimum absolute atomic E-state index is 0.108. The highest BCUT2D eigenvalue weighted by atomic mass is 16.5. The number of anilines is 1. The molecule has 1 aromatic carbocycles. The Morgan fingerprint density at radius 2 is 2.18 bits per heavy atom. The topological polar surface area (TPSA) is 80.2 Å². The van der Waals surface area contributed by atoms with Gasteiger partial charge in [-0.25, -0.2) is 4.98 Å². The Labute approximate surface area is 194 Å². The predicted molar refractivity (Wildman–Crippen MR) is 125 cm³/mol. The third-order valence-corrected chi connectivity index (χ3v) is 6.88. The Kier molecular flexibility index (Phi) is 5.88. The van der Waals surface area contributed by atoms with E-state index in [1.807, 2.05) is 18.2 Å². The summed E-state index contributed by atoms with van der Waals surface area (Å²) in [5.74, 6) is 2.41. The number of aliphatic hydroxyl groups excluding tert-OH is 1. The maximum Gasteiger partial charge on any atom is 0.318 e. The van der Waals surface area contributed by atoms with Gasteiger partial charge >= 0.3 is 6.01 Å². The highest BCUT2D eigenvalue weighted by Gasteiger charge is 2.52. The van der Waals surface area contributed by atoms with Gasteiger partial charge in [-0.15, -0.1) is 0 Å². The van der Waals surface area contributed by atoms with Crippen LogP contribution in [0.4, 0.5) is 5.82 Å². The molecular weight excluding hydrogens is 420 g/mol. The smallest absolute Gasteiger partial charge is 0.318 e. The van der Waals surface area contributed by atoms with Crippen LogP contribution in [0.5, 0.6) is 17.5 Å². The van der Waals surface area contributed by atoms with Crippen LogP contribution < -0.4 is 19.1 Å². The summed E-state index contributed by atoms with van der Waals surface area (Å²) < 4.78 is 17.8. The number of nitrogens with zero attached hydrogens (tertiary/aromatic N) is 4. The number of methoxy groups -OCH3 is 1. The van der Waals surface area contributed by atoms with Crippen molar-refractivity contribution in [2.75, 3.05) is 45.8 Å². The van der Waals surface area contributed by atoms with E-state index in [0.717, 1.165) is 43.2 Å². The fourth-order valence-electron chi connectivity index (χ4n) is 5.25. The van der Waals surface area contributed by atoms with Gasteiger partial charge < -0.3 is 29.1 Å². The molecule has 8 nitrogen and oxygen atoms in total. The normalized spacial score (nSPS) is 25.3. The molecule has 8 heteroatoms. The molecule has 2 unspecified atom stereocenters. The van der Waals surface area contributed by atoms with Gasteiger partial charge in [-0.3, -0.25) is 0 Å². The first-order valence-electron chi connectivity index (χ1n) is 11.6. The highest BCUT2D eigenvalue weighted by molar-refractivity contribution is 5.62. The number of hydrogen-bond acceptors (Lipinski definition) is 8. The quantitative estimate of drug-likeness (QED) is 0.507. The molecule has 1 N–H and O–H groups in total.